The molecule has 2 aliphatic heterocycles. The molecule has 4 rings (SSSR count). The van der Waals surface area contributed by atoms with Gasteiger partial charge in [-0.15, -0.1) is 29.9 Å². The molecule has 0 radical (unpaired) electrons. The molecule has 3 heterocycles. The van der Waals surface area contributed by atoms with E-state index in [2.05, 4.69) is 44.9 Å². The Bertz CT molecular complexity index is 835. The molecule has 0 spiro atoms. The minimum absolute atomic E-state index is 0. The van der Waals surface area contributed by atoms with Crippen LogP contribution >= 0.6 is 24.8 Å². The number of carbonyl (C=O) groups is 1. The summed E-state index contributed by atoms with van der Waals surface area (Å²) in [6.07, 6.45) is 4.65. The molecule has 1 unspecified atom stereocenters. The second kappa shape index (κ2) is 11.8. The minimum Gasteiger partial charge on any atom is -0.321 e. The van der Waals surface area contributed by atoms with E-state index in [9.17, 15) is 4.79 Å². The number of rotatable bonds is 5. The van der Waals surface area contributed by atoms with E-state index in [-0.39, 0.29) is 30.7 Å². The van der Waals surface area contributed by atoms with Crippen LogP contribution in [0, 0.1) is 12.8 Å². The lowest BCUT2D eigenvalue weighted by atomic mass is 10.00. The maximum absolute atomic E-state index is 12.7. The van der Waals surface area contributed by atoms with Gasteiger partial charge in [0.05, 0.1) is 11.7 Å². The highest BCUT2D eigenvalue weighted by molar-refractivity contribution is 6.03. The molecule has 1 atom stereocenters. The van der Waals surface area contributed by atoms with Gasteiger partial charge in [0.15, 0.2) is 5.69 Å². The predicted octanol–water partition coefficient (Wildman–Crippen LogP) is 3.84. The van der Waals surface area contributed by atoms with Crippen LogP contribution in [0.25, 0.3) is 0 Å². The smallest absolute Gasteiger partial charge is 0.278 e. The third-order valence-electron chi connectivity index (χ3n) is 6.16. The first kappa shape index (κ1) is 25.6. The monoisotopic (exact) mass is 468 g/mol. The van der Waals surface area contributed by atoms with Gasteiger partial charge in [-0.05, 0) is 75.9 Å². The Balaban J connectivity index is 0.00000171. The molecule has 2 N–H and O–H groups in total. The highest BCUT2D eigenvalue weighted by Gasteiger charge is 2.23. The number of carbonyl (C=O) groups excluding carboxylic acids is 1. The van der Waals surface area contributed by atoms with Gasteiger partial charge in [-0.25, -0.2) is 4.68 Å². The predicted molar refractivity (Wildman–Crippen MR) is 128 cm³/mol. The van der Waals surface area contributed by atoms with E-state index >= 15 is 0 Å². The molecule has 2 saturated heterocycles. The van der Waals surface area contributed by atoms with Crippen molar-refractivity contribution in [1.82, 2.24) is 25.2 Å². The molecular formula is C22H34Cl2N6O. The van der Waals surface area contributed by atoms with Crippen molar-refractivity contribution in [3.63, 3.8) is 0 Å². The second-order valence-electron chi connectivity index (χ2n) is 8.58. The molecule has 9 heteroatoms. The van der Waals surface area contributed by atoms with Crippen molar-refractivity contribution in [3.8, 4) is 0 Å². The molecule has 7 nitrogen and oxygen atoms in total. The normalized spacial score (nSPS) is 19.9. The Labute approximate surface area is 197 Å². The summed E-state index contributed by atoms with van der Waals surface area (Å²) >= 11 is 0. The van der Waals surface area contributed by atoms with Crippen LogP contribution < -0.4 is 10.6 Å². The van der Waals surface area contributed by atoms with Crippen LogP contribution in [0.3, 0.4) is 0 Å². The fourth-order valence-corrected chi connectivity index (χ4v) is 4.52. The quantitative estimate of drug-likeness (QED) is 0.696. The summed E-state index contributed by atoms with van der Waals surface area (Å²) in [5, 5.41) is 14.7. The van der Waals surface area contributed by atoms with Crippen molar-refractivity contribution in [2.75, 3.05) is 31.5 Å². The summed E-state index contributed by atoms with van der Waals surface area (Å²) in [6.45, 7) is 9.54. The number of nitrogens with zero attached hydrogens (tertiary/aromatic N) is 4. The van der Waals surface area contributed by atoms with Crippen LogP contribution in [0.2, 0.25) is 0 Å². The Morgan fingerprint density at radius 3 is 2.55 bits per heavy atom. The van der Waals surface area contributed by atoms with Crippen molar-refractivity contribution < 1.29 is 4.79 Å². The maximum atomic E-state index is 12.7. The molecule has 0 bridgehead atoms. The van der Waals surface area contributed by atoms with Gasteiger partial charge in [-0.1, -0.05) is 24.3 Å². The summed E-state index contributed by atoms with van der Waals surface area (Å²) in [4.78, 5) is 15.2. The van der Waals surface area contributed by atoms with Crippen LogP contribution in [-0.2, 0) is 6.54 Å². The SMILES string of the molecule is Cc1c(C(=O)Nc2ccc(CN3CCCC(C)C3)cc2)nnn1C1CCNCC1.Cl.Cl. The van der Waals surface area contributed by atoms with E-state index in [0.29, 0.717) is 11.7 Å². The van der Waals surface area contributed by atoms with Gasteiger partial charge in [-0.2, -0.15) is 0 Å². The van der Waals surface area contributed by atoms with Crippen molar-refractivity contribution >= 4 is 36.4 Å². The fraction of sp³-hybridized carbons (Fsp3) is 0.591. The van der Waals surface area contributed by atoms with Crippen LogP contribution in [0.1, 0.15) is 60.4 Å². The summed E-state index contributed by atoms with van der Waals surface area (Å²) in [7, 11) is 0. The first-order chi connectivity index (χ1) is 14.1. The highest BCUT2D eigenvalue weighted by Crippen LogP contribution is 2.22. The zero-order valence-corrected chi connectivity index (χ0v) is 20.0. The first-order valence-electron chi connectivity index (χ1n) is 10.9. The van der Waals surface area contributed by atoms with Gasteiger partial charge >= 0.3 is 0 Å². The number of hydrogen-bond donors (Lipinski definition) is 2. The summed E-state index contributed by atoms with van der Waals surface area (Å²) < 4.78 is 1.92. The average molecular weight is 469 g/mol. The number of nitrogens with one attached hydrogen (secondary N) is 2. The molecule has 1 aromatic carbocycles. The van der Waals surface area contributed by atoms with E-state index in [0.717, 1.165) is 49.8 Å². The van der Waals surface area contributed by atoms with Crippen molar-refractivity contribution in [2.45, 2.75) is 52.1 Å². The molecule has 0 aliphatic carbocycles. The van der Waals surface area contributed by atoms with Crippen molar-refractivity contribution in [3.05, 3.63) is 41.2 Å². The molecule has 172 valence electrons. The Morgan fingerprint density at radius 1 is 1.16 bits per heavy atom. The standard InChI is InChI=1S/C22H32N6O.2ClH/c1-16-4-3-13-27(14-16)15-18-5-7-19(8-6-18)24-22(29)21-17(2)28(26-25-21)20-9-11-23-12-10-20;;/h5-8,16,20,23H,3-4,9-15H2,1-2H3,(H,24,29);2*1H. The van der Waals surface area contributed by atoms with Crippen LogP contribution in [-0.4, -0.2) is 52.0 Å². The van der Waals surface area contributed by atoms with E-state index in [1.807, 2.05) is 23.7 Å². The van der Waals surface area contributed by atoms with Crippen molar-refractivity contribution in [2.24, 2.45) is 5.92 Å². The zero-order chi connectivity index (χ0) is 20.2. The van der Waals surface area contributed by atoms with Gasteiger partial charge in [0.25, 0.3) is 5.91 Å². The average Bonchev–Trinajstić information content (AvgIpc) is 3.12. The van der Waals surface area contributed by atoms with E-state index in [4.69, 9.17) is 0 Å². The van der Waals surface area contributed by atoms with Crippen LogP contribution in [0.5, 0.6) is 0 Å². The van der Waals surface area contributed by atoms with Crippen LogP contribution in [0.4, 0.5) is 5.69 Å². The number of anilines is 1. The van der Waals surface area contributed by atoms with Crippen molar-refractivity contribution in [1.29, 1.82) is 0 Å². The minimum atomic E-state index is -0.194. The third kappa shape index (κ3) is 6.42. The number of aromatic nitrogens is 3. The van der Waals surface area contributed by atoms with Gasteiger partial charge < -0.3 is 10.6 Å². The molecule has 0 saturated carbocycles. The summed E-state index contributed by atoms with van der Waals surface area (Å²) in [5.41, 5.74) is 3.33. The zero-order valence-electron chi connectivity index (χ0n) is 18.3. The van der Waals surface area contributed by atoms with Gasteiger partial charge in [0, 0.05) is 18.8 Å². The van der Waals surface area contributed by atoms with E-state index in [1.54, 1.807) is 0 Å². The number of piperidine rings is 2. The Hall–Kier alpha value is -1.67. The lowest BCUT2D eigenvalue weighted by Crippen LogP contribution is -2.33. The topological polar surface area (TPSA) is 75.1 Å². The lowest BCUT2D eigenvalue weighted by molar-refractivity contribution is 0.102. The molecule has 2 fully saturated rings. The molecule has 1 aromatic heterocycles. The lowest BCUT2D eigenvalue weighted by Gasteiger charge is -2.30. The van der Waals surface area contributed by atoms with Gasteiger partial charge in [-0.3, -0.25) is 9.69 Å². The molecule has 2 aliphatic rings. The second-order valence-corrected chi connectivity index (χ2v) is 8.58. The number of likely N-dealkylation sites (tertiary alicyclic amines) is 1. The highest BCUT2D eigenvalue weighted by atomic mass is 35.5. The molecule has 31 heavy (non-hydrogen) atoms. The summed E-state index contributed by atoms with van der Waals surface area (Å²) in [6, 6.07) is 8.49. The van der Waals surface area contributed by atoms with E-state index in [1.165, 1.54) is 31.5 Å². The van der Waals surface area contributed by atoms with Gasteiger partial charge in [0.2, 0.25) is 0 Å². The van der Waals surface area contributed by atoms with E-state index < -0.39 is 0 Å². The number of amides is 1. The Kier molecular flexibility index (Phi) is 9.75. The number of halogens is 2. The van der Waals surface area contributed by atoms with Gasteiger partial charge in [0.1, 0.15) is 0 Å². The maximum Gasteiger partial charge on any atom is 0.278 e. The molecular weight excluding hydrogens is 435 g/mol. The largest absolute Gasteiger partial charge is 0.321 e. The fourth-order valence-electron chi connectivity index (χ4n) is 4.52. The Morgan fingerprint density at radius 2 is 1.87 bits per heavy atom. The molecule has 1 amide bonds. The number of benzene rings is 1. The van der Waals surface area contributed by atoms with Crippen LogP contribution in [0.15, 0.2) is 24.3 Å². The number of hydrogen-bond acceptors (Lipinski definition) is 5. The molecule has 2 aromatic rings. The summed E-state index contributed by atoms with van der Waals surface area (Å²) in [5.74, 6) is 0.587. The third-order valence-corrected chi connectivity index (χ3v) is 6.16. The first-order valence-corrected chi connectivity index (χ1v) is 10.9.